The Bertz CT molecular complexity index is 1440. The van der Waals surface area contributed by atoms with Crippen LogP contribution in [0, 0.1) is 0 Å². The van der Waals surface area contributed by atoms with Crippen LogP contribution in [0.1, 0.15) is 42.4 Å². The van der Waals surface area contributed by atoms with Crippen molar-refractivity contribution in [2.24, 2.45) is 0 Å². The van der Waals surface area contributed by atoms with E-state index in [-0.39, 0.29) is 43.2 Å². The molecular formula is C32H39ClF3N5O5. The van der Waals surface area contributed by atoms with Crippen molar-refractivity contribution in [2.75, 3.05) is 52.1 Å². The summed E-state index contributed by atoms with van der Waals surface area (Å²) in [4.78, 5) is 47.0. The highest BCUT2D eigenvalue weighted by Crippen LogP contribution is 2.40. The van der Waals surface area contributed by atoms with E-state index in [1.54, 1.807) is 9.80 Å². The number of rotatable bonds is 6. The van der Waals surface area contributed by atoms with Crippen LogP contribution in [-0.4, -0.2) is 108 Å². The van der Waals surface area contributed by atoms with E-state index in [1.165, 1.54) is 4.90 Å². The molecule has 0 spiro atoms. The van der Waals surface area contributed by atoms with Crippen LogP contribution in [0.4, 0.5) is 28.4 Å². The maximum absolute atomic E-state index is 13.7. The number of aromatic hydroxyl groups is 1. The summed E-state index contributed by atoms with van der Waals surface area (Å²) >= 11 is 5.94. The molecule has 0 radical (unpaired) electrons. The number of likely N-dealkylation sites (tertiary alicyclic amines) is 2. The molecule has 250 valence electrons. The number of halogens is 4. The molecule has 2 aromatic carbocycles. The van der Waals surface area contributed by atoms with Gasteiger partial charge in [-0.25, -0.2) is 9.59 Å². The van der Waals surface area contributed by atoms with Gasteiger partial charge in [0.2, 0.25) is 0 Å². The van der Waals surface area contributed by atoms with E-state index in [9.17, 15) is 32.7 Å². The zero-order valence-electron chi connectivity index (χ0n) is 25.9. The van der Waals surface area contributed by atoms with Crippen LogP contribution in [0.5, 0.6) is 5.75 Å². The number of fused-ring (bicyclic) bond motifs is 1. The maximum Gasteiger partial charge on any atom is 0.420 e. The molecule has 2 fully saturated rings. The van der Waals surface area contributed by atoms with Crippen molar-refractivity contribution in [2.45, 2.75) is 62.9 Å². The van der Waals surface area contributed by atoms with Gasteiger partial charge >= 0.3 is 18.3 Å². The number of nitrogens with zero attached hydrogens (tertiary/aromatic N) is 4. The van der Waals surface area contributed by atoms with Gasteiger partial charge in [0.05, 0.1) is 10.6 Å². The molecule has 0 unspecified atom stereocenters. The van der Waals surface area contributed by atoms with Gasteiger partial charge in [-0.1, -0.05) is 29.8 Å². The topological polar surface area (TPSA) is 106 Å². The highest BCUT2D eigenvalue weighted by atomic mass is 35.5. The molecule has 5 rings (SSSR count). The minimum Gasteiger partial charge on any atom is -0.506 e. The number of urea groups is 1. The van der Waals surface area contributed by atoms with Crippen molar-refractivity contribution in [1.82, 2.24) is 19.6 Å². The van der Waals surface area contributed by atoms with Crippen LogP contribution < -0.4 is 5.32 Å². The average molecular weight is 666 g/mol. The van der Waals surface area contributed by atoms with Crippen molar-refractivity contribution in [3.63, 3.8) is 0 Å². The molecule has 0 aliphatic carbocycles. The molecule has 10 nitrogen and oxygen atoms in total. The van der Waals surface area contributed by atoms with Crippen LogP contribution >= 0.6 is 11.6 Å². The van der Waals surface area contributed by atoms with Crippen molar-refractivity contribution in [3.05, 3.63) is 58.1 Å². The Hall–Kier alpha value is -3.71. The molecule has 1 atom stereocenters. The van der Waals surface area contributed by atoms with Gasteiger partial charge in [-0.05, 0) is 75.5 Å². The van der Waals surface area contributed by atoms with Gasteiger partial charge in [-0.2, -0.15) is 13.2 Å². The first-order valence-corrected chi connectivity index (χ1v) is 15.8. The average Bonchev–Trinajstić information content (AvgIpc) is 3.19. The second-order valence-electron chi connectivity index (χ2n) is 12.3. The first kappa shape index (κ1) is 33.6. The van der Waals surface area contributed by atoms with Gasteiger partial charge in [0.1, 0.15) is 5.75 Å². The third-order valence-corrected chi connectivity index (χ3v) is 9.47. The summed E-state index contributed by atoms with van der Waals surface area (Å²) in [5, 5.41) is 12.4. The van der Waals surface area contributed by atoms with Gasteiger partial charge in [-0.15, -0.1) is 0 Å². The lowest BCUT2D eigenvalue weighted by molar-refractivity contribution is -0.142. The van der Waals surface area contributed by atoms with Crippen molar-refractivity contribution < 1.29 is 37.4 Å². The number of phenols is 1. The number of ether oxygens (including phenoxy) is 1. The van der Waals surface area contributed by atoms with E-state index < -0.39 is 40.6 Å². The summed E-state index contributed by atoms with van der Waals surface area (Å²) in [7, 11) is 3.92. The summed E-state index contributed by atoms with van der Waals surface area (Å²) in [6.45, 7) is 1.91. The normalized spacial score (nSPS) is 19.0. The van der Waals surface area contributed by atoms with Crippen molar-refractivity contribution >= 4 is 35.3 Å². The molecule has 2 aromatic rings. The number of nitrogens with one attached hydrogen (secondary N) is 1. The highest BCUT2D eigenvalue weighted by Gasteiger charge is 2.38. The summed E-state index contributed by atoms with van der Waals surface area (Å²) in [6, 6.07) is 9.50. The monoisotopic (exact) mass is 665 g/mol. The highest BCUT2D eigenvalue weighted by molar-refractivity contribution is 6.32. The predicted octanol–water partition coefficient (Wildman–Crippen LogP) is 5.22. The second-order valence-corrected chi connectivity index (χ2v) is 12.7. The summed E-state index contributed by atoms with van der Waals surface area (Å²) in [5.74, 6) is -1.60. The van der Waals surface area contributed by atoms with Crippen LogP contribution in [-0.2, 0) is 28.5 Å². The third-order valence-electron chi connectivity index (χ3n) is 9.18. The number of alkyl halides is 3. The lowest BCUT2D eigenvalue weighted by atomic mass is 10.0. The molecular weight excluding hydrogens is 627 g/mol. The third kappa shape index (κ3) is 7.63. The Kier molecular flexibility index (Phi) is 10.2. The number of hydrogen-bond donors (Lipinski definition) is 2. The maximum atomic E-state index is 13.7. The minimum absolute atomic E-state index is 0.00340. The minimum atomic E-state index is -4.88. The zero-order valence-corrected chi connectivity index (χ0v) is 26.6. The summed E-state index contributed by atoms with van der Waals surface area (Å²) < 4.78 is 46.6. The van der Waals surface area contributed by atoms with Crippen molar-refractivity contribution in [1.29, 1.82) is 0 Å². The van der Waals surface area contributed by atoms with Gasteiger partial charge in [0, 0.05) is 56.9 Å². The molecule has 3 aliphatic heterocycles. The van der Waals surface area contributed by atoms with Crippen LogP contribution in [0.15, 0.2) is 36.4 Å². The molecule has 2 N–H and O–H groups in total. The van der Waals surface area contributed by atoms with Crippen LogP contribution in [0.3, 0.4) is 0 Å². The van der Waals surface area contributed by atoms with Crippen molar-refractivity contribution in [3.8, 4) is 5.75 Å². The largest absolute Gasteiger partial charge is 0.506 e. The molecule has 4 amide bonds. The Morgan fingerprint density at radius 3 is 2.35 bits per heavy atom. The van der Waals surface area contributed by atoms with E-state index >= 15 is 0 Å². The number of piperidine rings is 2. The number of benzene rings is 2. The van der Waals surface area contributed by atoms with Gasteiger partial charge < -0.3 is 34.8 Å². The molecule has 3 aliphatic rings. The smallest absolute Gasteiger partial charge is 0.420 e. The Morgan fingerprint density at radius 2 is 1.70 bits per heavy atom. The SMILES string of the molecule is CN(C)C1CCN(C(=O)[C@@H](Cc2cc(Cl)c(O)c(C(F)(F)F)c2)OC(=O)N2CCC(N3CCc4ccccc4NC3=O)CC2)CC1. The molecule has 14 heteroatoms. The zero-order chi connectivity index (χ0) is 33.2. The van der Waals surface area contributed by atoms with Crippen LogP contribution in [0.2, 0.25) is 5.02 Å². The molecule has 0 bridgehead atoms. The summed E-state index contributed by atoms with van der Waals surface area (Å²) in [5.41, 5.74) is 0.506. The number of carbonyl (C=O) groups is 3. The number of phenolic OH excluding ortho intramolecular Hbond substituents is 1. The molecule has 0 aromatic heterocycles. The number of anilines is 1. The number of amides is 4. The Morgan fingerprint density at radius 1 is 1.04 bits per heavy atom. The quantitative estimate of drug-likeness (QED) is 0.439. The van der Waals surface area contributed by atoms with Gasteiger partial charge in [-0.3, -0.25) is 4.79 Å². The molecule has 46 heavy (non-hydrogen) atoms. The van der Waals surface area contributed by atoms with E-state index in [0.717, 1.165) is 23.4 Å². The first-order valence-electron chi connectivity index (χ1n) is 15.5. The Balaban J connectivity index is 1.27. The summed E-state index contributed by atoms with van der Waals surface area (Å²) in [6.07, 6.45) is -4.31. The number of hydrogen-bond acceptors (Lipinski definition) is 6. The predicted molar refractivity (Wildman–Crippen MR) is 166 cm³/mol. The second kappa shape index (κ2) is 14.0. The fourth-order valence-corrected chi connectivity index (χ4v) is 6.73. The molecule has 2 saturated heterocycles. The number of para-hydroxylation sites is 1. The van der Waals surface area contributed by atoms with Crippen LogP contribution in [0.25, 0.3) is 0 Å². The van der Waals surface area contributed by atoms with E-state index in [0.29, 0.717) is 51.7 Å². The van der Waals surface area contributed by atoms with E-state index in [4.69, 9.17) is 16.3 Å². The van der Waals surface area contributed by atoms with E-state index in [1.807, 2.05) is 38.4 Å². The molecule has 3 heterocycles. The number of carbonyl (C=O) groups excluding carboxylic acids is 3. The first-order chi connectivity index (χ1) is 21.8. The standard InChI is InChI=1S/C32H39ClF3N5O5/c1-38(2)22-8-12-39(13-9-22)29(43)27(19-20-17-24(32(34,35)36)28(42)25(33)18-20)46-31(45)40-14-10-23(11-15-40)41-16-7-21-5-3-4-6-26(21)37-30(41)44/h3-6,17-18,22-23,27,42H,7-16,19H2,1-2H3,(H,37,44)/t27-/m1/s1. The van der Waals surface area contributed by atoms with E-state index in [2.05, 4.69) is 10.2 Å². The fraction of sp³-hybridized carbons (Fsp3) is 0.531. The fourth-order valence-electron chi connectivity index (χ4n) is 6.48. The Labute approximate surface area is 271 Å². The lowest BCUT2D eigenvalue weighted by Crippen LogP contribution is -2.52. The van der Waals surface area contributed by atoms with Gasteiger partial charge in [0.15, 0.2) is 6.10 Å². The molecule has 0 saturated carbocycles. The van der Waals surface area contributed by atoms with Gasteiger partial charge in [0.25, 0.3) is 5.91 Å². The lowest BCUT2D eigenvalue weighted by Gasteiger charge is -2.39.